The molecule has 10 heteroatoms. The van der Waals surface area contributed by atoms with Gasteiger partial charge in [0.25, 0.3) is 5.91 Å². The fourth-order valence-electron chi connectivity index (χ4n) is 5.52. The van der Waals surface area contributed by atoms with E-state index in [0.29, 0.717) is 31.6 Å². The second-order valence-electron chi connectivity index (χ2n) is 10.2. The van der Waals surface area contributed by atoms with Crippen molar-refractivity contribution in [3.05, 3.63) is 101 Å². The molecule has 0 radical (unpaired) electrons. The molecule has 0 aromatic heterocycles. The molecule has 2 aliphatic rings. The third-order valence-corrected chi connectivity index (χ3v) is 7.56. The number of hydrogen-bond acceptors (Lipinski definition) is 6. The molecule has 2 unspecified atom stereocenters. The molecular formula is C31H29F3N2O5. The van der Waals surface area contributed by atoms with Crippen molar-refractivity contribution in [2.24, 2.45) is 11.1 Å². The van der Waals surface area contributed by atoms with Crippen LogP contribution in [-0.4, -0.2) is 46.8 Å². The topological polar surface area (TPSA) is 88.4 Å². The first-order valence-corrected chi connectivity index (χ1v) is 13.3. The third kappa shape index (κ3) is 5.83. The number of oxime groups is 1. The summed E-state index contributed by atoms with van der Waals surface area (Å²) in [5, 5.41) is 13.3. The Bertz CT molecular complexity index is 1430. The second-order valence-corrected chi connectivity index (χ2v) is 10.2. The van der Waals surface area contributed by atoms with Crippen molar-refractivity contribution < 1.29 is 37.4 Å². The third-order valence-electron chi connectivity index (χ3n) is 7.56. The molecule has 0 saturated carbocycles. The molecule has 3 aromatic rings. The molecule has 2 heterocycles. The lowest BCUT2D eigenvalue weighted by atomic mass is 9.84. The molecular weight excluding hydrogens is 537 g/mol. The number of benzene rings is 3. The summed E-state index contributed by atoms with van der Waals surface area (Å²) in [5.41, 5.74) is 0.951. The lowest BCUT2D eigenvalue weighted by Crippen LogP contribution is -2.43. The van der Waals surface area contributed by atoms with Crippen molar-refractivity contribution in [1.82, 2.24) is 4.90 Å². The standard InChI is InChI=1S/C31H29F3N2O5/c1-19-7-12-25(41-18-20-5-3-2-4-6-20)24(17-19)29(37)26-27(35-39)30(38)36(23-13-15-40-16-14-23)28(26)21-8-10-22(11-9-21)31(32,33)34/h2-12,17,23,26,28,39H,13-16,18H2,1H3/b35-27-. The molecule has 41 heavy (non-hydrogen) atoms. The van der Waals surface area contributed by atoms with Crippen LogP contribution in [0.2, 0.25) is 0 Å². The summed E-state index contributed by atoms with van der Waals surface area (Å²) >= 11 is 0. The largest absolute Gasteiger partial charge is 0.488 e. The maximum Gasteiger partial charge on any atom is 0.416 e. The van der Waals surface area contributed by atoms with Gasteiger partial charge in [-0.05, 0) is 55.2 Å². The van der Waals surface area contributed by atoms with Crippen molar-refractivity contribution in [1.29, 1.82) is 0 Å². The van der Waals surface area contributed by atoms with Gasteiger partial charge in [0.15, 0.2) is 11.5 Å². The van der Waals surface area contributed by atoms with Gasteiger partial charge in [0, 0.05) is 19.3 Å². The number of carbonyl (C=O) groups excluding carboxylic acids is 2. The quantitative estimate of drug-likeness (QED) is 0.216. The van der Waals surface area contributed by atoms with E-state index in [1.165, 1.54) is 17.0 Å². The highest BCUT2D eigenvalue weighted by molar-refractivity contribution is 6.46. The van der Waals surface area contributed by atoms with E-state index < -0.39 is 35.4 Å². The Morgan fingerprint density at radius 3 is 2.37 bits per heavy atom. The van der Waals surface area contributed by atoms with Crippen molar-refractivity contribution in [2.75, 3.05) is 13.2 Å². The van der Waals surface area contributed by atoms with Crippen LogP contribution in [-0.2, 0) is 22.3 Å². The first-order chi connectivity index (χ1) is 19.7. The van der Waals surface area contributed by atoms with Crippen LogP contribution in [0.4, 0.5) is 13.2 Å². The zero-order chi connectivity index (χ0) is 29.1. The van der Waals surface area contributed by atoms with Crippen LogP contribution in [0.1, 0.15) is 51.5 Å². The fraction of sp³-hybridized carbons (Fsp3) is 0.323. The highest BCUT2D eigenvalue weighted by Crippen LogP contribution is 2.43. The Labute approximate surface area is 235 Å². The molecule has 0 bridgehead atoms. The fourth-order valence-corrected chi connectivity index (χ4v) is 5.52. The van der Waals surface area contributed by atoms with Crippen molar-refractivity contribution in [2.45, 2.75) is 44.6 Å². The summed E-state index contributed by atoms with van der Waals surface area (Å²) in [7, 11) is 0. The molecule has 2 saturated heterocycles. The molecule has 0 aliphatic carbocycles. The van der Waals surface area contributed by atoms with Crippen LogP contribution in [0.15, 0.2) is 78.0 Å². The number of likely N-dealkylation sites (tertiary alicyclic amines) is 1. The average molecular weight is 567 g/mol. The molecule has 214 valence electrons. The Balaban J connectivity index is 1.57. The van der Waals surface area contributed by atoms with E-state index in [-0.39, 0.29) is 29.7 Å². The van der Waals surface area contributed by atoms with E-state index in [1.807, 2.05) is 30.3 Å². The van der Waals surface area contributed by atoms with E-state index in [1.54, 1.807) is 25.1 Å². The Hall–Kier alpha value is -4.18. The first-order valence-electron chi connectivity index (χ1n) is 13.3. The monoisotopic (exact) mass is 566 g/mol. The van der Waals surface area contributed by atoms with Crippen LogP contribution < -0.4 is 4.74 Å². The van der Waals surface area contributed by atoms with Gasteiger partial charge in [-0.3, -0.25) is 9.59 Å². The molecule has 0 spiro atoms. The number of amides is 1. The number of nitrogens with zero attached hydrogens (tertiary/aromatic N) is 2. The van der Waals surface area contributed by atoms with Crippen LogP contribution in [0, 0.1) is 12.8 Å². The summed E-state index contributed by atoms with van der Waals surface area (Å²) in [4.78, 5) is 29.5. The predicted molar refractivity (Wildman–Crippen MR) is 144 cm³/mol. The molecule has 1 amide bonds. The highest BCUT2D eigenvalue weighted by atomic mass is 19.4. The maximum absolute atomic E-state index is 14.3. The Morgan fingerprint density at radius 1 is 1.05 bits per heavy atom. The highest BCUT2D eigenvalue weighted by Gasteiger charge is 2.53. The van der Waals surface area contributed by atoms with Crippen LogP contribution in [0.3, 0.4) is 0 Å². The lowest BCUT2D eigenvalue weighted by Gasteiger charge is -2.36. The van der Waals surface area contributed by atoms with Gasteiger partial charge in [0.05, 0.1) is 23.1 Å². The first kappa shape index (κ1) is 28.4. The van der Waals surface area contributed by atoms with E-state index in [4.69, 9.17) is 9.47 Å². The van der Waals surface area contributed by atoms with Crippen LogP contribution >= 0.6 is 0 Å². The summed E-state index contributed by atoms with van der Waals surface area (Å²) in [6, 6.07) is 17.5. The van der Waals surface area contributed by atoms with Gasteiger partial charge in [-0.25, -0.2) is 0 Å². The van der Waals surface area contributed by atoms with Gasteiger partial charge < -0.3 is 19.6 Å². The zero-order valence-corrected chi connectivity index (χ0v) is 22.3. The number of Topliss-reactive ketones (excluding diaryl/α,β-unsaturated/α-hetero) is 1. The summed E-state index contributed by atoms with van der Waals surface area (Å²) in [6.45, 7) is 2.76. The van der Waals surface area contributed by atoms with Crippen molar-refractivity contribution >= 4 is 17.4 Å². The number of ether oxygens (including phenoxy) is 2. The van der Waals surface area contributed by atoms with Gasteiger partial charge in [-0.15, -0.1) is 0 Å². The average Bonchev–Trinajstić information content (AvgIpc) is 3.28. The van der Waals surface area contributed by atoms with Gasteiger partial charge in [0.1, 0.15) is 12.4 Å². The number of halogens is 3. The zero-order valence-electron chi connectivity index (χ0n) is 22.3. The molecule has 7 nitrogen and oxygen atoms in total. The summed E-state index contributed by atoms with van der Waals surface area (Å²) < 4.78 is 51.5. The minimum atomic E-state index is -4.55. The van der Waals surface area contributed by atoms with E-state index in [2.05, 4.69) is 5.16 Å². The maximum atomic E-state index is 14.3. The van der Waals surface area contributed by atoms with E-state index >= 15 is 0 Å². The van der Waals surface area contributed by atoms with Crippen molar-refractivity contribution in [3.63, 3.8) is 0 Å². The van der Waals surface area contributed by atoms with Crippen LogP contribution in [0.25, 0.3) is 0 Å². The van der Waals surface area contributed by atoms with Gasteiger partial charge >= 0.3 is 6.18 Å². The van der Waals surface area contributed by atoms with Gasteiger partial charge in [-0.1, -0.05) is 59.3 Å². The number of ketones is 1. The minimum Gasteiger partial charge on any atom is -0.488 e. The van der Waals surface area contributed by atoms with E-state index in [0.717, 1.165) is 23.3 Å². The Kier molecular flexibility index (Phi) is 8.12. The predicted octanol–water partition coefficient (Wildman–Crippen LogP) is 5.98. The van der Waals surface area contributed by atoms with Gasteiger partial charge in [0.2, 0.25) is 0 Å². The molecule has 2 atom stereocenters. The molecule has 1 N–H and O–H groups in total. The van der Waals surface area contributed by atoms with E-state index in [9.17, 15) is 28.0 Å². The SMILES string of the molecule is Cc1ccc(OCc2ccccc2)c(C(=O)C2/C(=N/O)C(=O)N(C3CCOCC3)C2c2ccc(C(F)(F)F)cc2)c1. The number of carbonyl (C=O) groups is 2. The molecule has 5 rings (SSSR count). The molecule has 3 aromatic carbocycles. The normalized spacial score (nSPS) is 20.9. The molecule has 2 fully saturated rings. The Morgan fingerprint density at radius 2 is 1.73 bits per heavy atom. The summed E-state index contributed by atoms with van der Waals surface area (Å²) in [5.74, 6) is -2.17. The smallest absolute Gasteiger partial charge is 0.416 e. The second kappa shape index (κ2) is 11.7. The number of hydrogen-bond donors (Lipinski definition) is 1. The lowest BCUT2D eigenvalue weighted by molar-refractivity contribution is -0.137. The van der Waals surface area contributed by atoms with Crippen LogP contribution in [0.5, 0.6) is 5.75 Å². The summed E-state index contributed by atoms with van der Waals surface area (Å²) in [6.07, 6.45) is -3.61. The molecule has 2 aliphatic heterocycles. The number of alkyl halides is 3. The van der Waals surface area contributed by atoms with Crippen molar-refractivity contribution in [3.8, 4) is 5.75 Å². The minimum absolute atomic E-state index is 0.186. The van der Waals surface area contributed by atoms with Gasteiger partial charge in [-0.2, -0.15) is 13.2 Å². The number of rotatable bonds is 7. The number of aryl methyl sites for hydroxylation is 1.